The molecule has 158 valence electrons. The van der Waals surface area contributed by atoms with E-state index in [4.69, 9.17) is 4.74 Å². The van der Waals surface area contributed by atoms with Crippen molar-refractivity contribution >= 4 is 11.8 Å². The molecule has 1 aliphatic carbocycles. The van der Waals surface area contributed by atoms with Crippen molar-refractivity contribution in [2.45, 2.75) is 57.8 Å². The molecule has 0 spiro atoms. The van der Waals surface area contributed by atoms with Crippen LogP contribution in [0.25, 0.3) is 0 Å². The zero-order valence-electron chi connectivity index (χ0n) is 17.5. The number of nitrogens with zero attached hydrogens (tertiary/aromatic N) is 2. The molecule has 0 bridgehead atoms. The van der Waals surface area contributed by atoms with Crippen LogP contribution >= 0.6 is 0 Å². The summed E-state index contributed by atoms with van der Waals surface area (Å²) in [5.74, 6) is 1.85. The Morgan fingerprint density at radius 2 is 1.66 bits per heavy atom. The first kappa shape index (κ1) is 20.2. The van der Waals surface area contributed by atoms with Crippen molar-refractivity contribution in [1.29, 1.82) is 0 Å². The largest absolute Gasteiger partial charge is 0.493 e. The van der Waals surface area contributed by atoms with E-state index in [2.05, 4.69) is 4.90 Å². The van der Waals surface area contributed by atoms with Gasteiger partial charge in [0.2, 0.25) is 5.91 Å². The van der Waals surface area contributed by atoms with Gasteiger partial charge in [0.05, 0.1) is 6.61 Å². The number of rotatable bonds is 5. The molecule has 5 nitrogen and oxygen atoms in total. The van der Waals surface area contributed by atoms with Crippen LogP contribution in [0.2, 0.25) is 0 Å². The van der Waals surface area contributed by atoms with E-state index >= 15 is 0 Å². The number of likely N-dealkylation sites (tertiary alicyclic amines) is 2. The van der Waals surface area contributed by atoms with E-state index in [0.717, 1.165) is 70.5 Å². The number of ether oxygens (including phenoxy) is 1. The van der Waals surface area contributed by atoms with Crippen molar-refractivity contribution in [2.24, 2.45) is 11.8 Å². The molecule has 2 heterocycles. The van der Waals surface area contributed by atoms with E-state index in [1.807, 2.05) is 29.2 Å². The summed E-state index contributed by atoms with van der Waals surface area (Å²) in [5.41, 5.74) is 0.710. The fourth-order valence-electron chi connectivity index (χ4n) is 5.04. The number of benzene rings is 1. The topological polar surface area (TPSA) is 49.9 Å². The molecule has 0 unspecified atom stereocenters. The average molecular weight is 399 g/mol. The first-order chi connectivity index (χ1) is 14.2. The lowest BCUT2D eigenvalue weighted by Crippen LogP contribution is -2.44. The van der Waals surface area contributed by atoms with Crippen LogP contribution in [-0.2, 0) is 4.79 Å². The van der Waals surface area contributed by atoms with Gasteiger partial charge >= 0.3 is 0 Å². The summed E-state index contributed by atoms with van der Waals surface area (Å²) in [7, 11) is 0. The maximum atomic E-state index is 12.9. The first-order valence-electron chi connectivity index (χ1n) is 11.5. The van der Waals surface area contributed by atoms with E-state index in [1.165, 1.54) is 19.3 Å². The third-order valence-corrected chi connectivity index (χ3v) is 6.75. The molecule has 3 aliphatic rings. The van der Waals surface area contributed by atoms with Gasteiger partial charge in [0.25, 0.3) is 5.91 Å². The van der Waals surface area contributed by atoms with Crippen LogP contribution in [0.1, 0.15) is 68.1 Å². The molecular formula is C24H34N2O3. The Kier molecular flexibility index (Phi) is 6.73. The molecule has 5 heteroatoms. The number of amides is 2. The molecule has 1 aromatic carbocycles. The van der Waals surface area contributed by atoms with Gasteiger partial charge in [-0.15, -0.1) is 0 Å². The standard InChI is InChI=1S/C24H34N2O3/c27-23(20-9-2-1-3-10-20)26-15-7-8-19(17-26)18-29-22-12-6-11-21(16-22)24(28)25-13-4-5-14-25/h6,11-12,16,19-20H,1-5,7-10,13-15,17-18H2/t19-/m0/s1. The Morgan fingerprint density at radius 3 is 2.45 bits per heavy atom. The second kappa shape index (κ2) is 9.64. The van der Waals surface area contributed by atoms with E-state index in [9.17, 15) is 9.59 Å². The fourth-order valence-corrected chi connectivity index (χ4v) is 5.04. The van der Waals surface area contributed by atoms with Gasteiger partial charge in [-0.1, -0.05) is 25.3 Å². The lowest BCUT2D eigenvalue weighted by atomic mass is 9.87. The smallest absolute Gasteiger partial charge is 0.253 e. The predicted molar refractivity (Wildman–Crippen MR) is 113 cm³/mol. The number of carbonyl (C=O) groups excluding carboxylic acids is 2. The number of hydrogen-bond donors (Lipinski definition) is 0. The SMILES string of the molecule is O=C(c1cccc(OC[C@H]2CCCN(C(=O)C3CCCCC3)C2)c1)N1CCCC1. The Morgan fingerprint density at radius 1 is 0.897 bits per heavy atom. The summed E-state index contributed by atoms with van der Waals surface area (Å²) >= 11 is 0. The van der Waals surface area contributed by atoms with Crippen molar-refractivity contribution in [1.82, 2.24) is 9.80 Å². The quantitative estimate of drug-likeness (QED) is 0.750. The molecule has 4 rings (SSSR count). The highest BCUT2D eigenvalue weighted by Crippen LogP contribution is 2.28. The van der Waals surface area contributed by atoms with Crippen LogP contribution in [0.4, 0.5) is 0 Å². The van der Waals surface area contributed by atoms with Crippen molar-refractivity contribution in [3.63, 3.8) is 0 Å². The summed E-state index contributed by atoms with van der Waals surface area (Å²) in [6.07, 6.45) is 10.1. The number of hydrogen-bond acceptors (Lipinski definition) is 3. The summed E-state index contributed by atoms with van der Waals surface area (Å²) in [5, 5.41) is 0. The molecule has 2 saturated heterocycles. The van der Waals surface area contributed by atoms with Crippen LogP contribution in [0, 0.1) is 11.8 Å². The molecule has 2 aliphatic heterocycles. The summed E-state index contributed by atoms with van der Waals surface area (Å²) in [6, 6.07) is 7.57. The zero-order valence-corrected chi connectivity index (χ0v) is 17.5. The zero-order chi connectivity index (χ0) is 20.1. The van der Waals surface area contributed by atoms with Crippen LogP contribution in [0.15, 0.2) is 24.3 Å². The van der Waals surface area contributed by atoms with Gasteiger partial charge in [-0.25, -0.2) is 0 Å². The van der Waals surface area contributed by atoms with Gasteiger partial charge in [-0.2, -0.15) is 0 Å². The monoisotopic (exact) mass is 398 g/mol. The van der Waals surface area contributed by atoms with Crippen molar-refractivity contribution < 1.29 is 14.3 Å². The molecule has 1 atom stereocenters. The normalized spacial score (nSPS) is 23.2. The van der Waals surface area contributed by atoms with Gasteiger partial charge in [0.15, 0.2) is 0 Å². The highest BCUT2D eigenvalue weighted by molar-refractivity contribution is 5.94. The van der Waals surface area contributed by atoms with Crippen LogP contribution in [0.5, 0.6) is 5.75 Å². The van der Waals surface area contributed by atoms with Crippen LogP contribution in [-0.4, -0.2) is 54.4 Å². The molecule has 0 aromatic heterocycles. The molecule has 2 amide bonds. The molecular weight excluding hydrogens is 364 g/mol. The van der Waals surface area contributed by atoms with Gasteiger partial charge in [-0.05, 0) is 56.7 Å². The van der Waals surface area contributed by atoms with Gasteiger partial charge < -0.3 is 14.5 Å². The van der Waals surface area contributed by atoms with E-state index in [-0.39, 0.29) is 11.8 Å². The molecule has 3 fully saturated rings. The molecule has 29 heavy (non-hydrogen) atoms. The molecule has 1 aromatic rings. The lowest BCUT2D eigenvalue weighted by Gasteiger charge is -2.35. The highest BCUT2D eigenvalue weighted by Gasteiger charge is 2.30. The van der Waals surface area contributed by atoms with E-state index in [0.29, 0.717) is 24.0 Å². The lowest BCUT2D eigenvalue weighted by molar-refractivity contribution is -0.138. The first-order valence-corrected chi connectivity index (χ1v) is 11.5. The Bertz CT molecular complexity index is 708. The second-order valence-electron chi connectivity index (χ2n) is 8.97. The third kappa shape index (κ3) is 5.12. The minimum atomic E-state index is 0.106. The molecule has 1 saturated carbocycles. The maximum Gasteiger partial charge on any atom is 0.253 e. The summed E-state index contributed by atoms with van der Waals surface area (Å²) in [4.78, 5) is 29.5. The molecule has 0 radical (unpaired) electrons. The summed E-state index contributed by atoms with van der Waals surface area (Å²) in [6.45, 7) is 4.02. The fraction of sp³-hybridized carbons (Fsp3) is 0.667. The second-order valence-corrected chi connectivity index (χ2v) is 8.97. The van der Waals surface area contributed by atoms with Crippen molar-refractivity contribution in [2.75, 3.05) is 32.8 Å². The Balaban J connectivity index is 1.30. The van der Waals surface area contributed by atoms with Gasteiger partial charge in [0.1, 0.15) is 5.75 Å². The van der Waals surface area contributed by atoms with Crippen LogP contribution in [0.3, 0.4) is 0 Å². The minimum Gasteiger partial charge on any atom is -0.493 e. The van der Waals surface area contributed by atoms with Gasteiger partial charge in [0, 0.05) is 43.6 Å². The van der Waals surface area contributed by atoms with Gasteiger partial charge in [-0.3, -0.25) is 9.59 Å². The third-order valence-electron chi connectivity index (χ3n) is 6.75. The Labute approximate surface area is 174 Å². The highest BCUT2D eigenvalue weighted by atomic mass is 16.5. The molecule has 0 N–H and O–H groups in total. The van der Waals surface area contributed by atoms with Crippen LogP contribution < -0.4 is 4.74 Å². The van der Waals surface area contributed by atoms with E-state index in [1.54, 1.807) is 0 Å². The minimum absolute atomic E-state index is 0.106. The number of piperidine rings is 1. The van der Waals surface area contributed by atoms with E-state index < -0.39 is 0 Å². The number of carbonyl (C=O) groups is 2. The van der Waals surface area contributed by atoms with Crippen molar-refractivity contribution in [3.8, 4) is 5.75 Å². The van der Waals surface area contributed by atoms with Crippen molar-refractivity contribution in [3.05, 3.63) is 29.8 Å². The average Bonchev–Trinajstić information content (AvgIpc) is 3.33. The Hall–Kier alpha value is -2.04. The maximum absolute atomic E-state index is 12.9. The predicted octanol–water partition coefficient (Wildman–Crippen LogP) is 4.12. The summed E-state index contributed by atoms with van der Waals surface area (Å²) < 4.78 is 6.06.